The number of hydrogen-bond acceptors (Lipinski definition) is 4. The van der Waals surface area contributed by atoms with Gasteiger partial charge in [0.25, 0.3) is 5.91 Å². The van der Waals surface area contributed by atoms with Gasteiger partial charge in [-0.15, -0.1) is 0 Å². The molecule has 0 aromatic rings. The van der Waals surface area contributed by atoms with E-state index >= 15 is 0 Å². The van der Waals surface area contributed by atoms with Crippen molar-refractivity contribution in [1.29, 1.82) is 0 Å². The summed E-state index contributed by atoms with van der Waals surface area (Å²) in [5, 5.41) is 0. The Morgan fingerprint density at radius 2 is 1.88 bits per heavy atom. The molecule has 0 fully saturated rings. The fraction of sp³-hybridized carbons (Fsp3) is 0.909. The van der Waals surface area contributed by atoms with Crippen molar-refractivity contribution in [3.8, 4) is 0 Å². The number of nitrogens with one attached hydrogen (secondary N) is 1. The van der Waals surface area contributed by atoms with E-state index in [-0.39, 0.29) is 17.4 Å². The van der Waals surface area contributed by atoms with Crippen LogP contribution in [0.25, 0.3) is 0 Å². The molecule has 0 spiro atoms. The van der Waals surface area contributed by atoms with E-state index in [9.17, 15) is 4.79 Å². The molecule has 0 bridgehead atoms. The molecule has 0 aliphatic heterocycles. The van der Waals surface area contributed by atoms with E-state index in [0.717, 1.165) is 0 Å². The van der Waals surface area contributed by atoms with Gasteiger partial charge < -0.3 is 9.47 Å². The number of ether oxygens (including phenoxy) is 2. The number of amides is 1. The first-order valence-corrected chi connectivity index (χ1v) is 5.54. The molecular formula is C11H24N2O3. The Morgan fingerprint density at radius 3 is 2.25 bits per heavy atom. The zero-order valence-corrected chi connectivity index (χ0v) is 10.9. The van der Waals surface area contributed by atoms with Crippen LogP contribution in [0.4, 0.5) is 0 Å². The average Bonchev–Trinajstić information content (AvgIpc) is 2.14. The van der Waals surface area contributed by atoms with Crippen LogP contribution in [-0.4, -0.2) is 30.8 Å². The standard InChI is InChI=1S/C11H24N2O3/c1-8(2)9(10(14)13-12)15-6-7-16-11(3,4)5/h8-9H,6-7,12H2,1-5H3,(H,13,14). The minimum Gasteiger partial charge on any atom is -0.373 e. The predicted molar refractivity (Wildman–Crippen MR) is 62.6 cm³/mol. The summed E-state index contributed by atoms with van der Waals surface area (Å²) < 4.78 is 10.9. The lowest BCUT2D eigenvalue weighted by molar-refractivity contribution is -0.138. The molecule has 0 aromatic carbocycles. The van der Waals surface area contributed by atoms with E-state index < -0.39 is 6.10 Å². The zero-order chi connectivity index (χ0) is 12.8. The molecule has 0 aliphatic rings. The highest BCUT2D eigenvalue weighted by atomic mass is 16.5. The van der Waals surface area contributed by atoms with Crippen molar-refractivity contribution >= 4 is 5.91 Å². The highest BCUT2D eigenvalue weighted by molar-refractivity contribution is 5.80. The molecule has 1 amide bonds. The molecule has 5 heteroatoms. The SMILES string of the molecule is CC(C)C(OCCOC(C)(C)C)C(=O)NN. The van der Waals surface area contributed by atoms with Gasteiger partial charge in [0.15, 0.2) is 0 Å². The normalized spacial score (nSPS) is 13.9. The second kappa shape index (κ2) is 6.83. The van der Waals surface area contributed by atoms with Crippen LogP contribution in [0.15, 0.2) is 0 Å². The van der Waals surface area contributed by atoms with E-state index in [1.54, 1.807) is 0 Å². The summed E-state index contributed by atoms with van der Waals surface area (Å²) in [6.07, 6.45) is -0.520. The van der Waals surface area contributed by atoms with Gasteiger partial charge >= 0.3 is 0 Å². The summed E-state index contributed by atoms with van der Waals surface area (Å²) in [5.74, 6) is 4.85. The van der Waals surface area contributed by atoms with Crippen molar-refractivity contribution in [2.24, 2.45) is 11.8 Å². The van der Waals surface area contributed by atoms with Gasteiger partial charge in [0.1, 0.15) is 6.10 Å². The molecule has 0 saturated carbocycles. The molecule has 16 heavy (non-hydrogen) atoms. The van der Waals surface area contributed by atoms with Crippen molar-refractivity contribution in [3.05, 3.63) is 0 Å². The van der Waals surface area contributed by atoms with Crippen molar-refractivity contribution in [2.45, 2.75) is 46.3 Å². The molecule has 5 nitrogen and oxygen atoms in total. The van der Waals surface area contributed by atoms with Crippen LogP contribution in [0.3, 0.4) is 0 Å². The summed E-state index contributed by atoms with van der Waals surface area (Å²) in [6.45, 7) is 10.6. The lowest BCUT2D eigenvalue weighted by Gasteiger charge is -2.22. The van der Waals surface area contributed by atoms with E-state index in [1.165, 1.54) is 0 Å². The van der Waals surface area contributed by atoms with Gasteiger partial charge in [0, 0.05) is 0 Å². The smallest absolute Gasteiger partial charge is 0.263 e. The first-order chi connectivity index (χ1) is 7.28. The van der Waals surface area contributed by atoms with Gasteiger partial charge in [-0.05, 0) is 26.7 Å². The van der Waals surface area contributed by atoms with Crippen LogP contribution in [0, 0.1) is 5.92 Å². The molecule has 0 aliphatic carbocycles. The Morgan fingerprint density at radius 1 is 1.31 bits per heavy atom. The summed E-state index contributed by atoms with van der Waals surface area (Å²) in [5.41, 5.74) is 1.91. The Kier molecular flexibility index (Phi) is 6.55. The second-order valence-electron chi connectivity index (χ2n) is 5.00. The maximum Gasteiger partial charge on any atom is 0.263 e. The van der Waals surface area contributed by atoms with Crippen molar-refractivity contribution in [2.75, 3.05) is 13.2 Å². The molecule has 0 rings (SSSR count). The van der Waals surface area contributed by atoms with Gasteiger partial charge in [0.2, 0.25) is 0 Å². The van der Waals surface area contributed by atoms with Crippen LogP contribution < -0.4 is 11.3 Å². The summed E-state index contributed by atoms with van der Waals surface area (Å²) in [4.78, 5) is 11.3. The number of hydrazine groups is 1. The maximum absolute atomic E-state index is 11.3. The third-order valence-corrected chi connectivity index (χ3v) is 1.92. The van der Waals surface area contributed by atoms with Crippen LogP contribution in [0.2, 0.25) is 0 Å². The Labute approximate surface area is 97.6 Å². The van der Waals surface area contributed by atoms with Crippen molar-refractivity contribution < 1.29 is 14.3 Å². The number of rotatable bonds is 6. The van der Waals surface area contributed by atoms with E-state index in [2.05, 4.69) is 5.43 Å². The molecule has 3 N–H and O–H groups in total. The van der Waals surface area contributed by atoms with Crippen LogP contribution in [0.5, 0.6) is 0 Å². The van der Waals surface area contributed by atoms with E-state index in [4.69, 9.17) is 15.3 Å². The largest absolute Gasteiger partial charge is 0.373 e. The van der Waals surface area contributed by atoms with Gasteiger partial charge in [0.05, 0.1) is 18.8 Å². The fourth-order valence-electron chi connectivity index (χ4n) is 1.18. The Balaban J connectivity index is 3.91. The second-order valence-corrected chi connectivity index (χ2v) is 5.00. The average molecular weight is 232 g/mol. The first-order valence-electron chi connectivity index (χ1n) is 5.54. The van der Waals surface area contributed by atoms with Crippen molar-refractivity contribution in [3.63, 3.8) is 0 Å². The molecule has 1 unspecified atom stereocenters. The van der Waals surface area contributed by atoms with Gasteiger partial charge in [-0.1, -0.05) is 13.8 Å². The quantitative estimate of drug-likeness (QED) is 0.308. The van der Waals surface area contributed by atoms with E-state index in [1.807, 2.05) is 34.6 Å². The van der Waals surface area contributed by atoms with Crippen LogP contribution in [-0.2, 0) is 14.3 Å². The zero-order valence-electron chi connectivity index (χ0n) is 10.9. The molecule has 1 atom stereocenters. The predicted octanol–water partition coefficient (Wildman–Crippen LogP) is 0.833. The van der Waals surface area contributed by atoms with Crippen LogP contribution >= 0.6 is 0 Å². The van der Waals surface area contributed by atoms with Gasteiger partial charge in [-0.3, -0.25) is 10.2 Å². The Hall–Kier alpha value is -0.650. The number of carbonyl (C=O) groups excluding carboxylic acids is 1. The Bertz CT molecular complexity index is 212. The third kappa shape index (κ3) is 6.76. The number of hydrogen-bond donors (Lipinski definition) is 2. The molecular weight excluding hydrogens is 208 g/mol. The maximum atomic E-state index is 11.3. The van der Waals surface area contributed by atoms with Crippen LogP contribution in [0.1, 0.15) is 34.6 Å². The lowest BCUT2D eigenvalue weighted by Crippen LogP contribution is -2.43. The molecule has 96 valence electrons. The van der Waals surface area contributed by atoms with Crippen molar-refractivity contribution in [1.82, 2.24) is 5.43 Å². The number of nitrogens with two attached hydrogens (primary N) is 1. The summed E-state index contributed by atoms with van der Waals surface area (Å²) in [7, 11) is 0. The topological polar surface area (TPSA) is 73.6 Å². The number of carbonyl (C=O) groups is 1. The summed E-state index contributed by atoms with van der Waals surface area (Å²) >= 11 is 0. The molecule has 0 radical (unpaired) electrons. The summed E-state index contributed by atoms with van der Waals surface area (Å²) in [6, 6.07) is 0. The highest BCUT2D eigenvalue weighted by Gasteiger charge is 2.22. The molecule has 0 heterocycles. The van der Waals surface area contributed by atoms with Gasteiger partial charge in [-0.25, -0.2) is 5.84 Å². The minimum atomic E-state index is -0.520. The monoisotopic (exact) mass is 232 g/mol. The van der Waals surface area contributed by atoms with E-state index in [0.29, 0.717) is 13.2 Å². The minimum absolute atomic E-state index is 0.0817. The van der Waals surface area contributed by atoms with Gasteiger partial charge in [-0.2, -0.15) is 0 Å². The highest BCUT2D eigenvalue weighted by Crippen LogP contribution is 2.09. The lowest BCUT2D eigenvalue weighted by atomic mass is 10.1. The fourth-order valence-corrected chi connectivity index (χ4v) is 1.18. The third-order valence-electron chi connectivity index (χ3n) is 1.92. The molecule has 0 aromatic heterocycles. The first kappa shape index (κ1) is 15.3. The molecule has 0 saturated heterocycles.